The zero-order chi connectivity index (χ0) is 29.7. The maximum absolute atomic E-state index is 6.41. The van der Waals surface area contributed by atoms with Crippen molar-refractivity contribution >= 4 is 43.5 Å². The summed E-state index contributed by atoms with van der Waals surface area (Å²) in [4.78, 5) is 0. The number of fused-ring (bicyclic) bond motifs is 5. The van der Waals surface area contributed by atoms with Crippen LogP contribution in [-0.2, 0) is 0 Å². The van der Waals surface area contributed by atoms with Crippen molar-refractivity contribution in [3.8, 4) is 44.5 Å². The Kier molecular flexibility index (Phi) is 5.89. The van der Waals surface area contributed by atoms with E-state index in [1.807, 2.05) is 0 Å². The Bertz CT molecular complexity index is 2450. The van der Waals surface area contributed by atoms with Crippen LogP contribution in [0.4, 0.5) is 0 Å². The van der Waals surface area contributed by atoms with Gasteiger partial charge in [0.05, 0.1) is 0 Å². The molecule has 0 atom stereocenters. The fourth-order valence-electron chi connectivity index (χ4n) is 7.14. The van der Waals surface area contributed by atoms with Crippen molar-refractivity contribution in [2.45, 2.75) is 0 Å². The number of hydrogen-bond donors (Lipinski definition) is 0. The van der Waals surface area contributed by atoms with Gasteiger partial charge in [0.1, 0.15) is 11.2 Å². The Morgan fingerprint density at radius 3 is 1.09 bits per heavy atom. The molecule has 1 aromatic heterocycles. The summed E-state index contributed by atoms with van der Waals surface area (Å²) in [5.74, 6) is 0. The lowest BCUT2D eigenvalue weighted by atomic mass is 9.85. The van der Waals surface area contributed by atoms with Gasteiger partial charge in [-0.3, -0.25) is 0 Å². The molecule has 1 heterocycles. The van der Waals surface area contributed by atoms with Crippen LogP contribution in [0, 0.1) is 0 Å². The van der Waals surface area contributed by atoms with Gasteiger partial charge < -0.3 is 4.42 Å². The monoisotopic (exact) mass is 572 g/mol. The van der Waals surface area contributed by atoms with E-state index in [4.69, 9.17) is 4.42 Å². The third-order valence-corrected chi connectivity index (χ3v) is 9.09. The second-order valence-electron chi connectivity index (χ2n) is 11.6. The Balaban J connectivity index is 1.25. The first-order valence-corrected chi connectivity index (χ1v) is 15.4. The molecule has 0 aliphatic rings. The van der Waals surface area contributed by atoms with Gasteiger partial charge in [-0.15, -0.1) is 0 Å². The molecule has 8 aromatic carbocycles. The standard InChI is InChI=1S/C44H28O/c1-3-13-29(14-4-1)33-21-11-23-39-43(33)44-34(22-12-24-40(44)45-39)30-25-27-32(28-26-30)42-37-19-9-7-17-35(37)41(31-15-5-2-6-16-31)36-18-8-10-20-38(36)42/h1-28H. The SMILES string of the molecule is c1ccc(-c2c3ccccc3c(-c3ccc(-c4cccc5oc6cccc(-c7ccccc7)c6c45)cc3)c3ccccc23)cc1. The lowest BCUT2D eigenvalue weighted by Gasteiger charge is -2.18. The molecule has 0 saturated carbocycles. The third-order valence-electron chi connectivity index (χ3n) is 9.09. The highest BCUT2D eigenvalue weighted by atomic mass is 16.3. The molecule has 0 bridgehead atoms. The quantitative estimate of drug-likeness (QED) is 0.191. The minimum atomic E-state index is 0.906. The van der Waals surface area contributed by atoms with Gasteiger partial charge in [0.25, 0.3) is 0 Å². The van der Waals surface area contributed by atoms with Crippen molar-refractivity contribution in [1.29, 1.82) is 0 Å². The van der Waals surface area contributed by atoms with E-state index in [0.29, 0.717) is 0 Å². The lowest BCUT2D eigenvalue weighted by molar-refractivity contribution is 0.669. The molecule has 0 unspecified atom stereocenters. The smallest absolute Gasteiger partial charge is 0.136 e. The maximum Gasteiger partial charge on any atom is 0.136 e. The van der Waals surface area contributed by atoms with E-state index < -0.39 is 0 Å². The molecular formula is C44H28O. The van der Waals surface area contributed by atoms with E-state index in [2.05, 4.69) is 170 Å². The molecule has 0 N–H and O–H groups in total. The average Bonchev–Trinajstić information content (AvgIpc) is 3.51. The van der Waals surface area contributed by atoms with Crippen LogP contribution < -0.4 is 0 Å². The van der Waals surface area contributed by atoms with Crippen LogP contribution >= 0.6 is 0 Å². The summed E-state index contributed by atoms with van der Waals surface area (Å²) in [6.07, 6.45) is 0. The summed E-state index contributed by atoms with van der Waals surface area (Å²) in [6.45, 7) is 0. The molecule has 1 heteroatoms. The van der Waals surface area contributed by atoms with Crippen molar-refractivity contribution in [3.05, 3.63) is 170 Å². The van der Waals surface area contributed by atoms with Crippen LogP contribution in [0.3, 0.4) is 0 Å². The highest BCUT2D eigenvalue weighted by Gasteiger charge is 2.18. The highest BCUT2D eigenvalue weighted by molar-refractivity contribution is 6.22. The van der Waals surface area contributed by atoms with Crippen molar-refractivity contribution in [3.63, 3.8) is 0 Å². The van der Waals surface area contributed by atoms with Crippen molar-refractivity contribution in [2.24, 2.45) is 0 Å². The van der Waals surface area contributed by atoms with Crippen LogP contribution in [-0.4, -0.2) is 0 Å². The zero-order valence-electron chi connectivity index (χ0n) is 24.6. The van der Waals surface area contributed by atoms with Crippen molar-refractivity contribution in [2.75, 3.05) is 0 Å². The first-order chi connectivity index (χ1) is 22.3. The van der Waals surface area contributed by atoms with Gasteiger partial charge in [-0.1, -0.05) is 158 Å². The molecule has 0 aliphatic heterocycles. The maximum atomic E-state index is 6.41. The topological polar surface area (TPSA) is 13.1 Å². The minimum Gasteiger partial charge on any atom is -0.456 e. The Hall–Kier alpha value is -5.92. The Labute approximate surface area is 261 Å². The molecule has 210 valence electrons. The minimum absolute atomic E-state index is 0.906. The summed E-state index contributed by atoms with van der Waals surface area (Å²) in [7, 11) is 0. The molecular weight excluding hydrogens is 544 g/mol. The predicted molar refractivity (Wildman–Crippen MR) is 190 cm³/mol. The van der Waals surface area contributed by atoms with Gasteiger partial charge in [0.15, 0.2) is 0 Å². The largest absolute Gasteiger partial charge is 0.456 e. The van der Waals surface area contributed by atoms with Gasteiger partial charge in [0.2, 0.25) is 0 Å². The number of rotatable bonds is 4. The molecule has 9 rings (SSSR count). The van der Waals surface area contributed by atoms with Crippen LogP contribution in [0.5, 0.6) is 0 Å². The fraction of sp³-hybridized carbons (Fsp3) is 0. The summed E-state index contributed by atoms with van der Waals surface area (Å²) < 4.78 is 6.41. The van der Waals surface area contributed by atoms with Gasteiger partial charge >= 0.3 is 0 Å². The Morgan fingerprint density at radius 2 is 0.622 bits per heavy atom. The normalized spacial score (nSPS) is 11.6. The van der Waals surface area contributed by atoms with E-state index >= 15 is 0 Å². The van der Waals surface area contributed by atoms with E-state index in [9.17, 15) is 0 Å². The number of furan rings is 1. The predicted octanol–water partition coefficient (Wildman–Crippen LogP) is 12.6. The van der Waals surface area contributed by atoms with Crippen LogP contribution in [0.2, 0.25) is 0 Å². The van der Waals surface area contributed by atoms with Gasteiger partial charge in [-0.25, -0.2) is 0 Å². The summed E-state index contributed by atoms with van der Waals surface area (Å²) in [5.41, 5.74) is 11.5. The van der Waals surface area contributed by atoms with Crippen molar-refractivity contribution in [1.82, 2.24) is 0 Å². The first kappa shape index (κ1) is 25.6. The van der Waals surface area contributed by atoms with Crippen molar-refractivity contribution < 1.29 is 4.42 Å². The molecule has 0 spiro atoms. The molecule has 0 amide bonds. The second kappa shape index (κ2) is 10.4. The summed E-state index contributed by atoms with van der Waals surface area (Å²) in [6, 6.07) is 60.8. The first-order valence-electron chi connectivity index (χ1n) is 15.4. The van der Waals surface area contributed by atoms with Gasteiger partial charge in [-0.05, 0) is 78.2 Å². The third kappa shape index (κ3) is 4.09. The molecule has 1 nitrogen and oxygen atoms in total. The van der Waals surface area contributed by atoms with Gasteiger partial charge in [0, 0.05) is 10.8 Å². The summed E-state index contributed by atoms with van der Waals surface area (Å²) in [5, 5.41) is 7.38. The molecule has 45 heavy (non-hydrogen) atoms. The lowest BCUT2D eigenvalue weighted by Crippen LogP contribution is -1.90. The second-order valence-corrected chi connectivity index (χ2v) is 11.6. The average molecular weight is 573 g/mol. The van der Waals surface area contributed by atoms with Crippen LogP contribution in [0.15, 0.2) is 174 Å². The molecule has 0 saturated heterocycles. The molecule has 0 aliphatic carbocycles. The highest BCUT2D eigenvalue weighted by Crippen LogP contribution is 2.45. The summed E-state index contributed by atoms with van der Waals surface area (Å²) >= 11 is 0. The van der Waals surface area contributed by atoms with Gasteiger partial charge in [-0.2, -0.15) is 0 Å². The molecule has 0 radical (unpaired) electrons. The fourth-order valence-corrected chi connectivity index (χ4v) is 7.14. The zero-order valence-corrected chi connectivity index (χ0v) is 24.6. The van der Waals surface area contributed by atoms with E-state index in [1.165, 1.54) is 66.1 Å². The van der Waals surface area contributed by atoms with Crippen LogP contribution in [0.1, 0.15) is 0 Å². The Morgan fingerprint density at radius 1 is 0.267 bits per heavy atom. The molecule has 0 fully saturated rings. The van der Waals surface area contributed by atoms with Crippen LogP contribution in [0.25, 0.3) is 88.0 Å². The van der Waals surface area contributed by atoms with E-state index in [1.54, 1.807) is 0 Å². The van der Waals surface area contributed by atoms with E-state index in [-0.39, 0.29) is 0 Å². The number of hydrogen-bond acceptors (Lipinski definition) is 1. The number of benzene rings is 8. The van der Waals surface area contributed by atoms with E-state index in [0.717, 1.165) is 21.9 Å². The molecule has 9 aromatic rings.